The van der Waals surface area contributed by atoms with E-state index in [4.69, 9.17) is 11.6 Å². The molecular weight excluding hydrogens is 508 g/mol. The van der Waals surface area contributed by atoms with Crippen LogP contribution in [0.3, 0.4) is 0 Å². The number of rotatable bonds is 6. The molecule has 1 aliphatic rings. The average Bonchev–Trinajstić information content (AvgIpc) is 3.45. The lowest BCUT2D eigenvalue weighted by Crippen LogP contribution is -2.32. The third kappa shape index (κ3) is 4.89. The number of aromatic nitrogens is 1. The van der Waals surface area contributed by atoms with E-state index in [1.54, 1.807) is 30.3 Å². The highest BCUT2D eigenvalue weighted by atomic mass is 35.5. The number of nitrogens with zero attached hydrogens (tertiary/aromatic N) is 2. The highest BCUT2D eigenvalue weighted by molar-refractivity contribution is 7.14. The average molecular weight is 529 g/mol. The topological polar surface area (TPSA) is 91.4 Å². The fourth-order valence-electron chi connectivity index (χ4n) is 3.88. The number of thiazole rings is 1. The standard InChI is InChI=1S/C28H21ClN4O3S/c1-16-8-9-17(2)22(14-16)33-26(35)23(29)24(27(33)36)30-20-12-10-19(11-13-20)25(34)32-28-31-21(15-37-28)18-6-4-3-5-7-18/h3-15,30H,1-2H3,(H,31,32,34). The smallest absolute Gasteiger partial charge is 0.283 e. The van der Waals surface area contributed by atoms with Gasteiger partial charge in [0.1, 0.15) is 10.7 Å². The molecule has 0 bridgehead atoms. The van der Waals surface area contributed by atoms with E-state index in [0.29, 0.717) is 22.1 Å². The summed E-state index contributed by atoms with van der Waals surface area (Å²) in [6, 6.07) is 21.8. The van der Waals surface area contributed by atoms with Crippen LogP contribution in [0.25, 0.3) is 11.3 Å². The fourth-order valence-corrected chi connectivity index (χ4v) is 4.81. The number of carbonyl (C=O) groups is 3. The first-order valence-corrected chi connectivity index (χ1v) is 12.6. The molecule has 0 unspecified atom stereocenters. The maximum absolute atomic E-state index is 13.1. The first-order valence-electron chi connectivity index (χ1n) is 11.4. The first-order chi connectivity index (χ1) is 17.8. The van der Waals surface area contributed by atoms with E-state index in [0.717, 1.165) is 27.3 Å². The van der Waals surface area contributed by atoms with Gasteiger partial charge in [-0.25, -0.2) is 9.88 Å². The van der Waals surface area contributed by atoms with Gasteiger partial charge in [0, 0.05) is 22.2 Å². The monoisotopic (exact) mass is 528 g/mol. The molecule has 9 heteroatoms. The SMILES string of the molecule is Cc1ccc(C)c(N2C(=O)C(Cl)=C(Nc3ccc(C(=O)Nc4nc(-c5ccccc5)cs4)cc3)C2=O)c1. The molecule has 5 rings (SSSR count). The minimum Gasteiger partial charge on any atom is -0.350 e. The molecule has 4 aromatic rings. The Morgan fingerprint density at radius 3 is 2.41 bits per heavy atom. The van der Waals surface area contributed by atoms with Crippen molar-refractivity contribution in [2.24, 2.45) is 0 Å². The molecule has 0 atom stereocenters. The molecule has 7 nitrogen and oxygen atoms in total. The first kappa shape index (κ1) is 24.4. The van der Waals surface area contributed by atoms with Crippen molar-refractivity contribution in [2.75, 3.05) is 15.5 Å². The summed E-state index contributed by atoms with van der Waals surface area (Å²) in [5.41, 5.74) is 4.86. The van der Waals surface area contributed by atoms with E-state index in [2.05, 4.69) is 15.6 Å². The fraction of sp³-hybridized carbons (Fsp3) is 0.0714. The summed E-state index contributed by atoms with van der Waals surface area (Å²) in [7, 11) is 0. The second-order valence-electron chi connectivity index (χ2n) is 8.49. The Morgan fingerprint density at radius 1 is 0.946 bits per heavy atom. The van der Waals surface area contributed by atoms with E-state index >= 15 is 0 Å². The van der Waals surface area contributed by atoms with Gasteiger partial charge in [-0.05, 0) is 55.3 Å². The van der Waals surface area contributed by atoms with Crippen LogP contribution in [0.5, 0.6) is 0 Å². The molecule has 1 aliphatic heterocycles. The van der Waals surface area contributed by atoms with E-state index in [1.165, 1.54) is 11.3 Å². The van der Waals surface area contributed by atoms with Crippen LogP contribution >= 0.6 is 22.9 Å². The van der Waals surface area contributed by atoms with Crippen LogP contribution in [0.2, 0.25) is 0 Å². The number of carbonyl (C=O) groups excluding carboxylic acids is 3. The maximum Gasteiger partial charge on any atom is 0.283 e. The normalized spacial score (nSPS) is 13.3. The number of anilines is 3. The molecule has 0 saturated carbocycles. The number of nitrogens with one attached hydrogen (secondary N) is 2. The Morgan fingerprint density at radius 2 is 1.68 bits per heavy atom. The van der Waals surface area contributed by atoms with E-state index < -0.39 is 11.8 Å². The van der Waals surface area contributed by atoms with Gasteiger partial charge in [0.15, 0.2) is 5.13 Å². The van der Waals surface area contributed by atoms with Crippen molar-refractivity contribution in [2.45, 2.75) is 13.8 Å². The predicted octanol–water partition coefficient (Wildman–Crippen LogP) is 6.11. The quantitative estimate of drug-likeness (QED) is 0.294. The summed E-state index contributed by atoms with van der Waals surface area (Å²) < 4.78 is 0. The maximum atomic E-state index is 13.1. The van der Waals surface area contributed by atoms with Gasteiger partial charge in [-0.1, -0.05) is 54.1 Å². The molecule has 0 aliphatic carbocycles. The van der Waals surface area contributed by atoms with Crippen LogP contribution in [0.4, 0.5) is 16.5 Å². The molecule has 0 saturated heterocycles. The second kappa shape index (κ2) is 10.0. The zero-order valence-corrected chi connectivity index (χ0v) is 21.5. The Balaban J connectivity index is 1.28. The summed E-state index contributed by atoms with van der Waals surface area (Å²) in [6.07, 6.45) is 0. The lowest BCUT2D eigenvalue weighted by Gasteiger charge is -2.18. The number of imide groups is 1. The molecular formula is C28H21ClN4O3S. The molecule has 3 amide bonds. The summed E-state index contributed by atoms with van der Waals surface area (Å²) in [4.78, 5) is 44.2. The summed E-state index contributed by atoms with van der Waals surface area (Å²) in [5, 5.41) is 7.93. The molecule has 3 aromatic carbocycles. The van der Waals surface area contributed by atoms with Crippen molar-refractivity contribution in [3.63, 3.8) is 0 Å². The molecule has 0 spiro atoms. The Labute approximate surface area is 222 Å². The molecule has 184 valence electrons. The van der Waals surface area contributed by atoms with Gasteiger partial charge in [-0.3, -0.25) is 19.7 Å². The largest absolute Gasteiger partial charge is 0.350 e. The van der Waals surface area contributed by atoms with Crippen LogP contribution in [-0.4, -0.2) is 22.7 Å². The molecule has 0 fully saturated rings. The lowest BCUT2D eigenvalue weighted by atomic mass is 10.1. The van der Waals surface area contributed by atoms with Gasteiger partial charge < -0.3 is 5.32 Å². The predicted molar refractivity (Wildman–Crippen MR) is 147 cm³/mol. The molecule has 0 radical (unpaired) electrons. The number of benzene rings is 3. The van der Waals surface area contributed by atoms with Crippen molar-refractivity contribution in [1.29, 1.82) is 0 Å². The van der Waals surface area contributed by atoms with Crippen LogP contribution in [-0.2, 0) is 9.59 Å². The third-order valence-corrected chi connectivity index (χ3v) is 6.95. The van der Waals surface area contributed by atoms with Gasteiger partial charge in [-0.2, -0.15) is 0 Å². The lowest BCUT2D eigenvalue weighted by molar-refractivity contribution is -0.120. The summed E-state index contributed by atoms with van der Waals surface area (Å²) in [5.74, 6) is -1.44. The molecule has 37 heavy (non-hydrogen) atoms. The van der Waals surface area contributed by atoms with Crippen LogP contribution in [0.15, 0.2) is 88.9 Å². The van der Waals surface area contributed by atoms with Crippen molar-refractivity contribution in [3.05, 3.63) is 106 Å². The van der Waals surface area contributed by atoms with Crippen molar-refractivity contribution in [3.8, 4) is 11.3 Å². The van der Waals surface area contributed by atoms with Crippen LogP contribution in [0.1, 0.15) is 21.5 Å². The summed E-state index contributed by atoms with van der Waals surface area (Å²) >= 11 is 7.61. The number of hydrogen-bond acceptors (Lipinski definition) is 6. The second-order valence-corrected chi connectivity index (χ2v) is 9.72. The molecule has 2 N–H and O–H groups in total. The minimum absolute atomic E-state index is 0.0130. The Hall–Kier alpha value is -4.27. The van der Waals surface area contributed by atoms with Gasteiger partial charge >= 0.3 is 0 Å². The Bertz CT molecular complexity index is 1560. The molecule has 1 aromatic heterocycles. The van der Waals surface area contributed by atoms with Crippen molar-refractivity contribution in [1.82, 2.24) is 4.98 Å². The minimum atomic E-state index is -0.586. The summed E-state index contributed by atoms with van der Waals surface area (Å²) in [6.45, 7) is 3.71. The van der Waals surface area contributed by atoms with Crippen molar-refractivity contribution >= 4 is 57.2 Å². The number of aryl methyl sites for hydroxylation is 2. The number of amides is 3. The van der Waals surface area contributed by atoms with E-state index in [-0.39, 0.29) is 16.6 Å². The number of halogens is 1. The van der Waals surface area contributed by atoms with Crippen molar-refractivity contribution < 1.29 is 14.4 Å². The zero-order valence-electron chi connectivity index (χ0n) is 19.9. The Kier molecular flexibility index (Phi) is 6.60. The van der Waals surface area contributed by atoms with Gasteiger partial charge in [0.05, 0.1) is 11.4 Å². The third-order valence-electron chi connectivity index (χ3n) is 5.84. The van der Waals surface area contributed by atoms with E-state index in [9.17, 15) is 14.4 Å². The highest BCUT2D eigenvalue weighted by Crippen LogP contribution is 2.32. The van der Waals surface area contributed by atoms with Gasteiger partial charge in [0.25, 0.3) is 17.7 Å². The number of hydrogen-bond donors (Lipinski definition) is 2. The highest BCUT2D eigenvalue weighted by Gasteiger charge is 2.39. The van der Waals surface area contributed by atoms with Crippen LogP contribution < -0.4 is 15.5 Å². The van der Waals surface area contributed by atoms with Gasteiger partial charge in [-0.15, -0.1) is 11.3 Å². The van der Waals surface area contributed by atoms with Crippen LogP contribution in [0, 0.1) is 13.8 Å². The zero-order chi connectivity index (χ0) is 26.1. The van der Waals surface area contributed by atoms with Gasteiger partial charge in [0.2, 0.25) is 0 Å². The molecule has 2 heterocycles. The van der Waals surface area contributed by atoms with E-state index in [1.807, 2.05) is 61.7 Å².